The van der Waals surface area contributed by atoms with E-state index < -0.39 is 0 Å². The van der Waals surface area contributed by atoms with Crippen LogP contribution < -0.4 is 10.1 Å². The second-order valence-electron chi connectivity index (χ2n) is 6.11. The van der Waals surface area contributed by atoms with E-state index in [9.17, 15) is 4.79 Å². The van der Waals surface area contributed by atoms with Gasteiger partial charge in [-0.2, -0.15) is 5.10 Å². The van der Waals surface area contributed by atoms with Crippen LogP contribution in [0.1, 0.15) is 41.6 Å². The van der Waals surface area contributed by atoms with E-state index in [0.29, 0.717) is 17.5 Å². The van der Waals surface area contributed by atoms with Crippen molar-refractivity contribution in [3.05, 3.63) is 65.7 Å². The monoisotopic (exact) mass is 339 g/mol. The van der Waals surface area contributed by atoms with E-state index in [0.717, 1.165) is 5.75 Å². The summed E-state index contributed by atoms with van der Waals surface area (Å²) in [5.74, 6) is 2.19. The lowest BCUT2D eigenvalue weighted by atomic mass is 10.0. The number of hydrogen-bond acceptors (Lipinski definition) is 4. The molecule has 2 heterocycles. The van der Waals surface area contributed by atoms with E-state index in [4.69, 9.17) is 9.15 Å². The van der Waals surface area contributed by atoms with Crippen molar-refractivity contribution in [2.75, 3.05) is 5.32 Å². The summed E-state index contributed by atoms with van der Waals surface area (Å²) in [6, 6.07) is 13.0. The standard InChI is InChI=1S/C19H21N3O3/c1-13(2)14-4-6-15(7-5-14)24-12-16-8-9-17(25-16)19(23)20-18-10-11-22(3)21-18/h4-11,13H,12H2,1-3H3,(H,20,21,23). The maximum absolute atomic E-state index is 12.1. The third-order valence-electron chi connectivity index (χ3n) is 3.77. The van der Waals surface area contributed by atoms with Crippen molar-refractivity contribution >= 4 is 11.7 Å². The third-order valence-corrected chi connectivity index (χ3v) is 3.77. The number of anilines is 1. The largest absolute Gasteiger partial charge is 0.486 e. The van der Waals surface area contributed by atoms with Gasteiger partial charge >= 0.3 is 0 Å². The van der Waals surface area contributed by atoms with Gasteiger partial charge in [0.15, 0.2) is 11.6 Å². The Labute approximate surface area is 146 Å². The van der Waals surface area contributed by atoms with Crippen molar-refractivity contribution in [3.8, 4) is 5.75 Å². The van der Waals surface area contributed by atoms with Crippen LogP contribution in [0.5, 0.6) is 5.75 Å². The zero-order valence-electron chi connectivity index (χ0n) is 14.5. The molecule has 0 aliphatic heterocycles. The molecule has 0 aliphatic rings. The first kappa shape index (κ1) is 16.8. The SMILES string of the molecule is CC(C)c1ccc(OCc2ccc(C(=O)Nc3ccn(C)n3)o2)cc1. The van der Waals surface area contributed by atoms with E-state index in [2.05, 4.69) is 24.3 Å². The first-order valence-electron chi connectivity index (χ1n) is 8.14. The van der Waals surface area contributed by atoms with Crippen LogP contribution in [0, 0.1) is 0 Å². The number of nitrogens with one attached hydrogen (secondary N) is 1. The highest BCUT2D eigenvalue weighted by Crippen LogP contribution is 2.20. The molecule has 0 unspecified atom stereocenters. The van der Waals surface area contributed by atoms with Gasteiger partial charge in [0, 0.05) is 19.3 Å². The quantitative estimate of drug-likeness (QED) is 0.738. The molecule has 0 saturated carbocycles. The lowest BCUT2D eigenvalue weighted by molar-refractivity contribution is 0.0992. The van der Waals surface area contributed by atoms with Gasteiger partial charge in [0.05, 0.1) is 0 Å². The molecule has 0 fully saturated rings. The number of ether oxygens (including phenoxy) is 1. The van der Waals surface area contributed by atoms with Crippen molar-refractivity contribution in [2.24, 2.45) is 7.05 Å². The summed E-state index contributed by atoms with van der Waals surface area (Å²) in [5, 5.41) is 6.77. The molecule has 0 spiro atoms. The average Bonchev–Trinajstić information content (AvgIpc) is 3.22. The number of carbonyl (C=O) groups excluding carboxylic acids is 1. The highest BCUT2D eigenvalue weighted by atomic mass is 16.5. The fourth-order valence-electron chi connectivity index (χ4n) is 2.34. The fourth-order valence-corrected chi connectivity index (χ4v) is 2.34. The van der Waals surface area contributed by atoms with E-state index in [1.165, 1.54) is 5.56 Å². The van der Waals surface area contributed by atoms with Crippen LogP contribution >= 0.6 is 0 Å². The van der Waals surface area contributed by atoms with Crippen LogP contribution in [0.15, 0.2) is 53.1 Å². The fraction of sp³-hybridized carbons (Fsp3) is 0.263. The average molecular weight is 339 g/mol. The van der Waals surface area contributed by atoms with E-state index in [-0.39, 0.29) is 18.3 Å². The molecule has 0 saturated heterocycles. The molecule has 3 aromatic rings. The topological polar surface area (TPSA) is 69.3 Å². The number of aryl methyl sites for hydroxylation is 1. The normalized spacial score (nSPS) is 10.9. The summed E-state index contributed by atoms with van der Waals surface area (Å²) in [7, 11) is 1.78. The Bertz CT molecular complexity index is 847. The molecule has 0 bridgehead atoms. The third kappa shape index (κ3) is 4.29. The van der Waals surface area contributed by atoms with Crippen molar-refractivity contribution in [2.45, 2.75) is 26.4 Å². The summed E-state index contributed by atoms with van der Waals surface area (Å²) in [6.45, 7) is 4.56. The van der Waals surface area contributed by atoms with Crippen LogP contribution in [0.25, 0.3) is 0 Å². The Morgan fingerprint density at radius 2 is 1.96 bits per heavy atom. The molecule has 6 heteroatoms. The molecular weight excluding hydrogens is 318 g/mol. The number of furan rings is 1. The van der Waals surface area contributed by atoms with Crippen molar-refractivity contribution < 1.29 is 13.9 Å². The number of nitrogens with zero attached hydrogens (tertiary/aromatic N) is 2. The molecule has 1 N–H and O–H groups in total. The van der Waals surface area contributed by atoms with Crippen LogP contribution in [0.3, 0.4) is 0 Å². The first-order chi connectivity index (χ1) is 12.0. The lowest BCUT2D eigenvalue weighted by Crippen LogP contribution is -2.11. The maximum atomic E-state index is 12.1. The number of hydrogen-bond donors (Lipinski definition) is 1. The van der Waals surface area contributed by atoms with Crippen LogP contribution in [0.2, 0.25) is 0 Å². The highest BCUT2D eigenvalue weighted by Gasteiger charge is 2.13. The molecule has 2 aromatic heterocycles. The zero-order valence-corrected chi connectivity index (χ0v) is 14.5. The molecule has 6 nitrogen and oxygen atoms in total. The van der Waals surface area contributed by atoms with E-state index in [1.54, 1.807) is 36.1 Å². The summed E-state index contributed by atoms with van der Waals surface area (Å²) >= 11 is 0. The van der Waals surface area contributed by atoms with Gasteiger partial charge < -0.3 is 14.5 Å². The summed E-state index contributed by atoms with van der Waals surface area (Å²) in [4.78, 5) is 12.1. The Morgan fingerprint density at radius 3 is 2.60 bits per heavy atom. The van der Waals surface area contributed by atoms with E-state index in [1.807, 2.05) is 24.3 Å². The smallest absolute Gasteiger partial charge is 0.292 e. The van der Waals surface area contributed by atoms with Gasteiger partial charge in [0.1, 0.15) is 18.1 Å². The first-order valence-corrected chi connectivity index (χ1v) is 8.14. The van der Waals surface area contributed by atoms with Crippen LogP contribution in [-0.4, -0.2) is 15.7 Å². The number of rotatable bonds is 6. The van der Waals surface area contributed by atoms with Gasteiger partial charge in [-0.15, -0.1) is 0 Å². The summed E-state index contributed by atoms with van der Waals surface area (Å²) in [5.41, 5.74) is 1.26. The van der Waals surface area contributed by atoms with E-state index >= 15 is 0 Å². The van der Waals surface area contributed by atoms with Crippen molar-refractivity contribution in [3.63, 3.8) is 0 Å². The Hall–Kier alpha value is -3.02. The maximum Gasteiger partial charge on any atom is 0.292 e. The number of carbonyl (C=O) groups is 1. The molecule has 1 aromatic carbocycles. The molecule has 1 amide bonds. The molecule has 0 radical (unpaired) electrons. The second kappa shape index (κ2) is 7.25. The Balaban J connectivity index is 1.56. The highest BCUT2D eigenvalue weighted by molar-refractivity contribution is 6.01. The predicted octanol–water partition coefficient (Wildman–Crippen LogP) is 3.97. The molecule has 0 atom stereocenters. The Kier molecular flexibility index (Phi) is 4.88. The minimum atomic E-state index is -0.341. The minimum absolute atomic E-state index is 0.222. The predicted molar refractivity (Wildman–Crippen MR) is 94.7 cm³/mol. The van der Waals surface area contributed by atoms with Crippen molar-refractivity contribution in [1.82, 2.24) is 9.78 Å². The minimum Gasteiger partial charge on any atom is -0.486 e. The zero-order chi connectivity index (χ0) is 17.8. The van der Waals surface area contributed by atoms with Gasteiger partial charge in [-0.3, -0.25) is 9.48 Å². The van der Waals surface area contributed by atoms with Gasteiger partial charge in [-0.05, 0) is 35.7 Å². The Morgan fingerprint density at radius 1 is 1.20 bits per heavy atom. The summed E-state index contributed by atoms with van der Waals surface area (Å²) in [6.07, 6.45) is 1.75. The van der Waals surface area contributed by atoms with Crippen LogP contribution in [-0.2, 0) is 13.7 Å². The lowest BCUT2D eigenvalue weighted by Gasteiger charge is -2.07. The number of benzene rings is 1. The van der Waals surface area contributed by atoms with Gasteiger partial charge in [0.25, 0.3) is 5.91 Å². The number of aromatic nitrogens is 2. The molecule has 3 rings (SSSR count). The van der Waals surface area contributed by atoms with Gasteiger partial charge in [-0.25, -0.2) is 0 Å². The van der Waals surface area contributed by atoms with Gasteiger partial charge in [-0.1, -0.05) is 26.0 Å². The molecular formula is C19H21N3O3. The number of amides is 1. The molecule has 130 valence electrons. The summed E-state index contributed by atoms with van der Waals surface area (Å²) < 4.78 is 12.8. The second-order valence-corrected chi connectivity index (χ2v) is 6.11. The van der Waals surface area contributed by atoms with Crippen molar-refractivity contribution in [1.29, 1.82) is 0 Å². The molecule has 0 aliphatic carbocycles. The van der Waals surface area contributed by atoms with Gasteiger partial charge in [0.2, 0.25) is 0 Å². The van der Waals surface area contributed by atoms with Crippen LogP contribution in [0.4, 0.5) is 5.82 Å². The molecule has 25 heavy (non-hydrogen) atoms.